The van der Waals surface area contributed by atoms with Crippen molar-refractivity contribution < 1.29 is 39.5 Å². The molecule has 0 bridgehead atoms. The van der Waals surface area contributed by atoms with Gasteiger partial charge < -0.3 is 20.0 Å². The molecule has 0 saturated carbocycles. The fourth-order valence-electron chi connectivity index (χ4n) is 6.09. The summed E-state index contributed by atoms with van der Waals surface area (Å²) in [6.07, 6.45) is 3.27. The maximum atomic E-state index is 14.2. The third kappa shape index (κ3) is 4.51. The summed E-state index contributed by atoms with van der Waals surface area (Å²) in [7, 11) is 6.77. The van der Waals surface area contributed by atoms with E-state index in [9.17, 15) is 30.2 Å². The Labute approximate surface area is 222 Å². The van der Waals surface area contributed by atoms with E-state index in [1.54, 1.807) is 28.2 Å². The average Bonchev–Trinajstić information content (AvgIpc) is 2.84. The Morgan fingerprint density at radius 1 is 0.684 bits per heavy atom. The van der Waals surface area contributed by atoms with Gasteiger partial charge in [-0.25, -0.2) is 10.4 Å². The lowest BCUT2D eigenvalue weighted by molar-refractivity contribution is -1.07. The molecule has 0 atom stereocenters. The quantitative estimate of drug-likeness (QED) is 0.219. The van der Waals surface area contributed by atoms with Crippen LogP contribution in [0, 0.1) is 0 Å². The summed E-state index contributed by atoms with van der Waals surface area (Å²) < 4.78 is -0.460. The molecule has 0 amide bonds. The number of hydrogen-bond donors (Lipinski definition) is 4. The van der Waals surface area contributed by atoms with Gasteiger partial charge in [0.05, 0.1) is 74.9 Å². The highest BCUT2D eigenvalue weighted by Crippen LogP contribution is 2.50. The second-order valence-corrected chi connectivity index (χ2v) is 11.8. The van der Waals surface area contributed by atoms with E-state index in [0.717, 1.165) is 36.8 Å². The first-order chi connectivity index (χ1) is 17.8. The molecule has 0 saturated heterocycles. The zero-order valence-electron chi connectivity index (χ0n) is 22.6. The number of hydrogen-bond acceptors (Lipinski definition) is 8. The predicted octanol–water partition coefficient (Wildman–Crippen LogP) is 2.31. The molecule has 2 aromatic rings. The lowest BCUT2D eigenvalue weighted by Gasteiger charge is -2.42. The SMILES string of the molecule is C[N+](C)(O)CCN1CCCc2c3c(c4c(c21)C(=O)c1c(O)ccc(O)c1C4=O)N(CC[N+](C)(C)O)CCC3. The number of nitrogens with zero attached hydrogens (tertiary/aromatic N) is 4. The minimum Gasteiger partial charge on any atom is -0.507 e. The minimum atomic E-state index is -0.476. The van der Waals surface area contributed by atoms with Crippen LogP contribution in [0.15, 0.2) is 12.1 Å². The standard InChI is InChI=1S/C28H36N4O6/c1-31(2,37)15-13-29-11-5-7-17-18-8-6-12-30(14-16-32(3,4)38)26(18)24-23(25(17)29)27(35)21-19(33)9-10-20(34)22(21)28(24)36/h9-10,37-38H,5-8,11-16H2,1-4H3/p+2. The normalized spacial score (nSPS) is 17.2. The van der Waals surface area contributed by atoms with Crippen molar-refractivity contribution in [2.75, 3.05) is 77.3 Å². The summed E-state index contributed by atoms with van der Waals surface area (Å²) >= 11 is 0. The van der Waals surface area contributed by atoms with Gasteiger partial charge in [-0.15, -0.1) is 0 Å². The summed E-state index contributed by atoms with van der Waals surface area (Å²) in [5, 5.41) is 42.1. The van der Waals surface area contributed by atoms with Crippen molar-refractivity contribution in [3.05, 3.63) is 45.5 Å². The van der Waals surface area contributed by atoms with Crippen LogP contribution in [0.4, 0.5) is 11.4 Å². The third-order valence-corrected chi connectivity index (χ3v) is 7.91. The number of phenols is 2. The molecule has 0 spiro atoms. The maximum Gasteiger partial charge on any atom is 0.200 e. The molecule has 204 valence electrons. The second-order valence-electron chi connectivity index (χ2n) is 11.8. The van der Waals surface area contributed by atoms with Gasteiger partial charge in [0.1, 0.15) is 24.6 Å². The predicted molar refractivity (Wildman–Crippen MR) is 142 cm³/mol. The van der Waals surface area contributed by atoms with Crippen molar-refractivity contribution in [2.24, 2.45) is 0 Å². The number of aromatic hydroxyl groups is 2. The molecule has 0 fully saturated rings. The zero-order valence-corrected chi connectivity index (χ0v) is 22.6. The number of hydroxylamine groups is 6. The van der Waals surface area contributed by atoms with Crippen LogP contribution in [-0.2, 0) is 12.8 Å². The van der Waals surface area contributed by atoms with Crippen LogP contribution in [0.5, 0.6) is 11.5 Å². The number of quaternary nitrogens is 2. The van der Waals surface area contributed by atoms with Gasteiger partial charge >= 0.3 is 0 Å². The molecule has 10 heteroatoms. The minimum absolute atomic E-state index is 0.163. The van der Waals surface area contributed by atoms with Crippen LogP contribution in [-0.4, -0.2) is 109 Å². The van der Waals surface area contributed by atoms with Gasteiger partial charge in [0.25, 0.3) is 0 Å². The Kier molecular flexibility index (Phi) is 6.42. The molecular formula is C28H38N4O6+2. The summed E-state index contributed by atoms with van der Waals surface area (Å²) in [6.45, 7) is 3.18. The number of fused-ring (bicyclic) bond motifs is 7. The Morgan fingerprint density at radius 3 is 1.39 bits per heavy atom. The molecule has 0 aromatic heterocycles. The molecule has 0 radical (unpaired) electrons. The molecule has 3 aliphatic rings. The van der Waals surface area contributed by atoms with E-state index < -0.39 is 11.6 Å². The molecular weight excluding hydrogens is 488 g/mol. The van der Waals surface area contributed by atoms with Crippen molar-refractivity contribution in [2.45, 2.75) is 25.7 Å². The molecule has 2 aliphatic heterocycles. The van der Waals surface area contributed by atoms with E-state index in [2.05, 4.69) is 9.80 Å². The molecule has 10 nitrogen and oxygen atoms in total. The first kappa shape index (κ1) is 26.4. The molecule has 5 rings (SSSR count). The topological polar surface area (TPSA) is 122 Å². The van der Waals surface area contributed by atoms with Gasteiger partial charge in [-0.05, 0) is 48.9 Å². The van der Waals surface area contributed by atoms with Crippen LogP contribution in [0.25, 0.3) is 0 Å². The van der Waals surface area contributed by atoms with Crippen molar-refractivity contribution in [1.29, 1.82) is 0 Å². The summed E-state index contributed by atoms with van der Waals surface area (Å²) in [4.78, 5) is 32.6. The second kappa shape index (κ2) is 9.23. The van der Waals surface area contributed by atoms with E-state index in [-0.39, 0.29) is 43.0 Å². The van der Waals surface area contributed by atoms with E-state index in [0.29, 0.717) is 50.6 Å². The van der Waals surface area contributed by atoms with Gasteiger partial charge in [-0.2, -0.15) is 9.29 Å². The van der Waals surface area contributed by atoms with Crippen LogP contribution in [0.3, 0.4) is 0 Å². The summed E-state index contributed by atoms with van der Waals surface area (Å²) in [5.41, 5.74) is 3.72. The molecule has 4 N–H and O–H groups in total. The number of carbonyl (C=O) groups excluding carboxylic acids is 2. The number of phenolic OH excluding ortho intramolecular Hbond substituents is 2. The Bertz CT molecular complexity index is 1220. The monoisotopic (exact) mass is 526 g/mol. The third-order valence-electron chi connectivity index (χ3n) is 7.91. The van der Waals surface area contributed by atoms with Crippen molar-refractivity contribution in [3.63, 3.8) is 0 Å². The van der Waals surface area contributed by atoms with Crippen LogP contribution in [0.2, 0.25) is 0 Å². The van der Waals surface area contributed by atoms with Gasteiger partial charge in [0.15, 0.2) is 0 Å². The van der Waals surface area contributed by atoms with Gasteiger partial charge in [-0.3, -0.25) is 9.59 Å². The largest absolute Gasteiger partial charge is 0.507 e. The van der Waals surface area contributed by atoms with Crippen molar-refractivity contribution in [1.82, 2.24) is 0 Å². The zero-order chi connectivity index (χ0) is 27.6. The smallest absolute Gasteiger partial charge is 0.200 e. The van der Waals surface area contributed by atoms with Gasteiger partial charge in [-0.1, -0.05) is 0 Å². The highest BCUT2D eigenvalue weighted by molar-refractivity contribution is 6.34. The van der Waals surface area contributed by atoms with E-state index in [1.807, 2.05) is 0 Å². The maximum absolute atomic E-state index is 14.2. The number of carbonyl (C=O) groups is 2. The summed E-state index contributed by atoms with van der Waals surface area (Å²) in [6, 6.07) is 2.48. The number of ketones is 2. The first-order valence-corrected chi connectivity index (χ1v) is 13.3. The van der Waals surface area contributed by atoms with Crippen LogP contribution in [0.1, 0.15) is 55.8 Å². The number of benzene rings is 2. The highest BCUT2D eigenvalue weighted by Gasteiger charge is 2.44. The number of anilines is 2. The fraction of sp³-hybridized carbons (Fsp3) is 0.500. The Hall–Kier alpha value is -3.18. The van der Waals surface area contributed by atoms with E-state index in [1.165, 1.54) is 12.1 Å². The van der Waals surface area contributed by atoms with Gasteiger partial charge in [0, 0.05) is 13.1 Å². The average molecular weight is 527 g/mol. The lowest BCUT2D eigenvalue weighted by atomic mass is 9.75. The Balaban J connectivity index is 1.78. The molecule has 0 unspecified atom stereocenters. The molecule has 38 heavy (non-hydrogen) atoms. The van der Waals surface area contributed by atoms with Crippen molar-refractivity contribution >= 4 is 22.9 Å². The molecule has 1 aliphatic carbocycles. The van der Waals surface area contributed by atoms with Gasteiger partial charge in [0.2, 0.25) is 11.6 Å². The molecule has 2 aromatic carbocycles. The number of likely N-dealkylation sites (N-methyl/N-ethyl adjacent to an activating group) is 2. The fourth-order valence-corrected chi connectivity index (χ4v) is 6.09. The number of rotatable bonds is 6. The lowest BCUT2D eigenvalue weighted by Crippen LogP contribution is -2.46. The highest BCUT2D eigenvalue weighted by atomic mass is 16.5. The van der Waals surface area contributed by atoms with Crippen molar-refractivity contribution in [3.8, 4) is 11.5 Å². The Morgan fingerprint density at radius 2 is 1.05 bits per heavy atom. The first-order valence-electron chi connectivity index (χ1n) is 13.3. The van der Waals surface area contributed by atoms with Crippen LogP contribution < -0.4 is 9.80 Å². The van der Waals surface area contributed by atoms with E-state index >= 15 is 0 Å². The van der Waals surface area contributed by atoms with Crippen LogP contribution >= 0.6 is 0 Å². The van der Waals surface area contributed by atoms with E-state index in [4.69, 9.17) is 0 Å². The summed E-state index contributed by atoms with van der Waals surface area (Å²) in [5.74, 6) is -1.62. The molecule has 2 heterocycles.